The van der Waals surface area contributed by atoms with E-state index < -0.39 is 22.6 Å². The highest BCUT2D eigenvalue weighted by molar-refractivity contribution is 7.92. The van der Waals surface area contributed by atoms with Gasteiger partial charge in [0.15, 0.2) is 0 Å². The summed E-state index contributed by atoms with van der Waals surface area (Å²) in [6, 6.07) is 8.29. The summed E-state index contributed by atoms with van der Waals surface area (Å²) in [6.07, 6.45) is -2.64. The molecule has 0 aromatic heterocycles. The molecule has 1 N–H and O–H groups in total. The molecule has 0 saturated carbocycles. The number of hydrogen-bond donors (Lipinski definition) is 1. The smallest absolute Gasteiger partial charge is 0.393 e. The van der Waals surface area contributed by atoms with E-state index in [1.807, 2.05) is 0 Å². The lowest BCUT2D eigenvalue weighted by Gasteiger charge is -2.36. The topological polar surface area (TPSA) is 76.1 Å². The Hall–Kier alpha value is -2.30. The predicted molar refractivity (Wildman–Crippen MR) is 125 cm³/mol. The van der Waals surface area contributed by atoms with Crippen LogP contribution < -0.4 is 9.04 Å². The van der Waals surface area contributed by atoms with Crippen molar-refractivity contribution in [1.82, 2.24) is 0 Å². The van der Waals surface area contributed by atoms with Gasteiger partial charge in [0.25, 0.3) is 10.0 Å². The fourth-order valence-corrected chi connectivity index (χ4v) is 6.47. The van der Waals surface area contributed by atoms with Gasteiger partial charge in [-0.15, -0.1) is 0 Å². The number of nitrogens with zero attached hydrogens (tertiary/aromatic N) is 1. The van der Waals surface area contributed by atoms with Gasteiger partial charge in [-0.3, -0.25) is 4.31 Å². The first kappa shape index (κ1) is 25.8. The maximum atomic E-state index is 13.7. The summed E-state index contributed by atoms with van der Waals surface area (Å²) in [5, 5.41) is 9.89. The van der Waals surface area contributed by atoms with Crippen LogP contribution in [0, 0.1) is 5.92 Å². The van der Waals surface area contributed by atoms with Gasteiger partial charge in [0.05, 0.1) is 30.2 Å². The van der Waals surface area contributed by atoms with Gasteiger partial charge < -0.3 is 14.6 Å². The molecular weight excluding hydrogens is 483 g/mol. The molecule has 2 heterocycles. The van der Waals surface area contributed by atoms with E-state index in [1.165, 1.54) is 34.6 Å². The first-order valence-corrected chi connectivity index (χ1v) is 13.2. The lowest BCUT2D eigenvalue weighted by atomic mass is 9.96. The van der Waals surface area contributed by atoms with Crippen LogP contribution in [0.2, 0.25) is 0 Å². The normalized spacial score (nSPS) is 19.5. The van der Waals surface area contributed by atoms with Crippen molar-refractivity contribution >= 4 is 15.7 Å². The van der Waals surface area contributed by atoms with Gasteiger partial charge in [0.1, 0.15) is 5.75 Å². The number of benzene rings is 2. The van der Waals surface area contributed by atoms with Gasteiger partial charge in [-0.2, -0.15) is 13.2 Å². The fraction of sp³-hybridized carbons (Fsp3) is 0.520. The van der Waals surface area contributed by atoms with Gasteiger partial charge >= 0.3 is 6.18 Å². The zero-order chi connectivity index (χ0) is 25.2. The molecule has 2 aromatic rings. The molecule has 2 aliphatic heterocycles. The first-order chi connectivity index (χ1) is 16.6. The van der Waals surface area contributed by atoms with E-state index in [2.05, 4.69) is 0 Å². The second-order valence-corrected chi connectivity index (χ2v) is 11.1. The van der Waals surface area contributed by atoms with Gasteiger partial charge in [-0.05, 0) is 73.9 Å². The average molecular weight is 514 g/mol. The summed E-state index contributed by atoms with van der Waals surface area (Å²) >= 11 is 0. The maximum Gasteiger partial charge on any atom is 0.393 e. The Balaban J connectivity index is 1.60. The number of hydrogen-bond acceptors (Lipinski definition) is 5. The van der Waals surface area contributed by atoms with Crippen molar-refractivity contribution in [2.75, 3.05) is 24.1 Å². The van der Waals surface area contributed by atoms with Crippen LogP contribution in [0.15, 0.2) is 41.3 Å². The van der Waals surface area contributed by atoms with Crippen molar-refractivity contribution in [3.63, 3.8) is 0 Å². The highest BCUT2D eigenvalue weighted by Gasteiger charge is 2.35. The molecule has 0 bridgehead atoms. The van der Waals surface area contributed by atoms with E-state index in [9.17, 15) is 26.7 Å². The monoisotopic (exact) mass is 513 g/mol. The number of aryl methyl sites for hydroxylation is 1. The molecule has 10 heteroatoms. The lowest BCUT2D eigenvalue weighted by molar-refractivity contribution is -0.127. The van der Waals surface area contributed by atoms with Crippen LogP contribution in [0.3, 0.4) is 0 Å². The summed E-state index contributed by atoms with van der Waals surface area (Å²) in [5.74, 6) is 0.772. The number of anilines is 1. The molecule has 6 nitrogen and oxygen atoms in total. The van der Waals surface area contributed by atoms with Crippen molar-refractivity contribution in [2.24, 2.45) is 5.92 Å². The second-order valence-electron chi connectivity index (χ2n) is 9.24. The number of sulfonamides is 1. The Kier molecular flexibility index (Phi) is 7.63. The summed E-state index contributed by atoms with van der Waals surface area (Å²) < 4.78 is 78.4. The van der Waals surface area contributed by atoms with E-state index in [1.54, 1.807) is 13.0 Å². The Bertz CT molecular complexity index is 1150. The minimum atomic E-state index is -4.34. The highest BCUT2D eigenvalue weighted by atomic mass is 32.2. The van der Waals surface area contributed by atoms with Gasteiger partial charge in [-0.1, -0.05) is 12.1 Å². The number of alkyl halides is 3. The molecule has 2 aromatic carbocycles. The zero-order valence-electron chi connectivity index (χ0n) is 19.6. The Morgan fingerprint density at radius 2 is 1.86 bits per heavy atom. The van der Waals surface area contributed by atoms with E-state index in [-0.39, 0.29) is 23.1 Å². The van der Waals surface area contributed by atoms with Crippen molar-refractivity contribution in [2.45, 2.75) is 62.7 Å². The Morgan fingerprint density at radius 1 is 1.11 bits per heavy atom. The van der Waals surface area contributed by atoms with Crippen LogP contribution in [-0.4, -0.2) is 45.6 Å². The van der Waals surface area contributed by atoms with Crippen LogP contribution in [0.25, 0.3) is 0 Å². The SMILES string of the molecule is C[C@H]1CCc2cc(CC(F)(F)F)ccc2N1S(=O)(=O)c1ccc(OCC2CCOCC2)c(CO)c1. The maximum absolute atomic E-state index is 13.7. The summed E-state index contributed by atoms with van der Waals surface area (Å²) in [7, 11) is -4.03. The first-order valence-electron chi connectivity index (χ1n) is 11.8. The quantitative estimate of drug-likeness (QED) is 0.585. The van der Waals surface area contributed by atoms with Crippen molar-refractivity contribution in [1.29, 1.82) is 0 Å². The van der Waals surface area contributed by atoms with Crippen LogP contribution in [0.4, 0.5) is 18.9 Å². The van der Waals surface area contributed by atoms with Crippen LogP contribution in [0.1, 0.15) is 42.9 Å². The molecule has 192 valence electrons. The molecule has 35 heavy (non-hydrogen) atoms. The molecular formula is C25H30F3NO5S. The molecule has 0 aliphatic carbocycles. The van der Waals surface area contributed by atoms with Crippen LogP contribution in [0.5, 0.6) is 5.75 Å². The average Bonchev–Trinajstić information content (AvgIpc) is 2.82. The molecule has 1 fully saturated rings. The summed E-state index contributed by atoms with van der Waals surface area (Å²) in [5.41, 5.74) is 1.44. The van der Waals surface area contributed by atoms with Crippen LogP contribution >= 0.6 is 0 Å². The molecule has 0 amide bonds. The van der Waals surface area contributed by atoms with E-state index in [4.69, 9.17) is 9.47 Å². The second kappa shape index (κ2) is 10.4. The minimum Gasteiger partial charge on any atom is -0.493 e. The van der Waals surface area contributed by atoms with E-state index in [0.29, 0.717) is 61.1 Å². The summed E-state index contributed by atoms with van der Waals surface area (Å²) in [4.78, 5) is -0.000894. The van der Waals surface area contributed by atoms with Gasteiger partial charge in [0.2, 0.25) is 0 Å². The number of rotatable bonds is 7. The summed E-state index contributed by atoms with van der Waals surface area (Å²) in [6.45, 7) is 3.22. The minimum absolute atomic E-state index is 0.000894. The Morgan fingerprint density at radius 3 is 2.54 bits per heavy atom. The molecule has 0 radical (unpaired) electrons. The lowest BCUT2D eigenvalue weighted by Crippen LogP contribution is -2.42. The highest BCUT2D eigenvalue weighted by Crippen LogP contribution is 2.37. The van der Waals surface area contributed by atoms with Crippen molar-refractivity contribution < 1.29 is 36.2 Å². The number of aliphatic hydroxyl groups is 1. The van der Waals surface area contributed by atoms with Gasteiger partial charge in [-0.25, -0.2) is 8.42 Å². The third-order valence-corrected chi connectivity index (χ3v) is 8.52. The van der Waals surface area contributed by atoms with Crippen LogP contribution in [-0.2, 0) is 34.2 Å². The molecule has 0 unspecified atom stereocenters. The largest absolute Gasteiger partial charge is 0.493 e. The molecule has 1 atom stereocenters. The molecule has 0 spiro atoms. The third-order valence-electron chi connectivity index (χ3n) is 6.59. The van der Waals surface area contributed by atoms with Crippen molar-refractivity contribution in [3.05, 3.63) is 53.1 Å². The van der Waals surface area contributed by atoms with Crippen molar-refractivity contribution in [3.8, 4) is 5.75 Å². The number of ether oxygens (including phenoxy) is 2. The fourth-order valence-electron chi connectivity index (χ4n) is 4.70. The van der Waals surface area contributed by atoms with E-state index in [0.717, 1.165) is 12.8 Å². The standard InChI is InChI=1S/C25H30F3NO5S/c1-17-2-4-20-12-19(14-25(26,27)28)3-6-23(20)29(17)35(31,32)22-5-7-24(21(13-22)15-30)34-16-18-8-10-33-11-9-18/h3,5-7,12-13,17-18,30H,2,4,8-11,14-16H2,1H3/t17-/m0/s1. The third kappa shape index (κ3) is 5.92. The van der Waals surface area contributed by atoms with E-state index >= 15 is 0 Å². The number of fused-ring (bicyclic) bond motifs is 1. The number of aliphatic hydroxyl groups excluding tert-OH is 1. The molecule has 1 saturated heterocycles. The Labute approximate surface area is 203 Å². The zero-order valence-corrected chi connectivity index (χ0v) is 20.4. The number of halogens is 3. The molecule has 4 rings (SSSR count). The molecule has 2 aliphatic rings. The predicted octanol–water partition coefficient (Wildman–Crippen LogP) is 4.62. The van der Waals surface area contributed by atoms with Gasteiger partial charge in [0, 0.05) is 24.8 Å².